The lowest BCUT2D eigenvalue weighted by molar-refractivity contribution is -0.244. The molecule has 1 aliphatic heterocycles. The van der Waals surface area contributed by atoms with Gasteiger partial charge in [0.05, 0.1) is 18.2 Å². The molecule has 0 unspecified atom stereocenters. The number of nitrogens with zero attached hydrogens (tertiary/aromatic N) is 1. The summed E-state index contributed by atoms with van der Waals surface area (Å²) in [5, 5.41) is 22.4. The molecule has 5 aliphatic rings. The minimum Gasteiger partial charge on any atom is -0.392 e. The molecule has 0 saturated carbocycles. The summed E-state index contributed by atoms with van der Waals surface area (Å²) in [7, 11) is 0. The van der Waals surface area contributed by atoms with Crippen molar-refractivity contribution in [3.8, 4) is 0 Å². The summed E-state index contributed by atoms with van der Waals surface area (Å²) in [5.74, 6) is -1.45. The zero-order valence-electron chi connectivity index (χ0n) is 21.1. The van der Waals surface area contributed by atoms with Gasteiger partial charge in [-0.1, -0.05) is 55.8 Å². The van der Waals surface area contributed by atoms with Crippen molar-refractivity contribution in [1.29, 1.82) is 0 Å². The van der Waals surface area contributed by atoms with Gasteiger partial charge < -0.3 is 10.2 Å². The number of benzene rings is 1. The molecule has 37 heavy (non-hydrogen) atoms. The van der Waals surface area contributed by atoms with Crippen LogP contribution in [0.25, 0.3) is 0 Å². The Hall–Kier alpha value is -3.13. The predicted molar refractivity (Wildman–Crippen MR) is 134 cm³/mol. The molecule has 192 valence electrons. The molecule has 4 atom stereocenters. The molecule has 1 amide bonds. The standard InChI is InChI=1S/C30H31NO6/c1-17-11-23-24(33)14-22-21-13-19-9-6-10-20(19)28(21)31(27(36)12-18-7-4-3-5-8-18)37-30(22,26(35)16-32)29(23,2)15-25(17)34/h3-5,7-8,11,14,17,25,32,34H,6,9-10,12-13,15-16H2,1-2H3/t17-,25-,29-,30+/m0/s1. The summed E-state index contributed by atoms with van der Waals surface area (Å²) >= 11 is 0. The van der Waals surface area contributed by atoms with E-state index >= 15 is 0 Å². The second-order valence-corrected chi connectivity index (χ2v) is 11.1. The van der Waals surface area contributed by atoms with Gasteiger partial charge in [0.25, 0.3) is 5.91 Å². The predicted octanol–water partition coefficient (Wildman–Crippen LogP) is 3.28. The van der Waals surface area contributed by atoms with Crippen LogP contribution in [0, 0.1) is 11.3 Å². The topological polar surface area (TPSA) is 104 Å². The first-order valence-corrected chi connectivity index (χ1v) is 13.0. The Bertz CT molecular complexity index is 1350. The van der Waals surface area contributed by atoms with Crippen molar-refractivity contribution in [3.63, 3.8) is 0 Å². The van der Waals surface area contributed by atoms with E-state index in [4.69, 9.17) is 4.84 Å². The molecular formula is C30H31NO6. The number of aliphatic hydroxyl groups excluding tert-OH is 2. The Balaban J connectivity index is 1.57. The van der Waals surface area contributed by atoms with Crippen LogP contribution in [0.3, 0.4) is 0 Å². The Morgan fingerprint density at radius 3 is 2.62 bits per heavy atom. The molecule has 4 aliphatic carbocycles. The second kappa shape index (κ2) is 8.45. The van der Waals surface area contributed by atoms with E-state index in [1.807, 2.05) is 37.3 Å². The third-order valence-electron chi connectivity index (χ3n) is 8.96. The van der Waals surface area contributed by atoms with Crippen molar-refractivity contribution in [2.24, 2.45) is 11.3 Å². The number of hydrogen-bond acceptors (Lipinski definition) is 6. The van der Waals surface area contributed by atoms with Gasteiger partial charge in [-0.05, 0) is 54.9 Å². The van der Waals surface area contributed by atoms with Gasteiger partial charge in [0.15, 0.2) is 17.2 Å². The van der Waals surface area contributed by atoms with E-state index in [1.54, 1.807) is 13.0 Å². The smallest absolute Gasteiger partial charge is 0.255 e. The van der Waals surface area contributed by atoms with Crippen LogP contribution < -0.4 is 0 Å². The van der Waals surface area contributed by atoms with Gasteiger partial charge in [0, 0.05) is 22.5 Å². The highest BCUT2D eigenvalue weighted by Crippen LogP contribution is 2.62. The molecule has 0 spiro atoms. The average Bonchev–Trinajstić information content (AvgIpc) is 3.48. The molecule has 0 aromatic heterocycles. The van der Waals surface area contributed by atoms with E-state index in [2.05, 4.69) is 0 Å². The van der Waals surface area contributed by atoms with Gasteiger partial charge in [-0.2, -0.15) is 5.06 Å². The Kier molecular flexibility index (Phi) is 5.53. The maximum absolute atomic E-state index is 13.9. The molecule has 0 fully saturated rings. The number of carbonyl (C=O) groups is 3. The molecule has 1 aromatic carbocycles. The van der Waals surface area contributed by atoms with Gasteiger partial charge >= 0.3 is 0 Å². The summed E-state index contributed by atoms with van der Waals surface area (Å²) in [6.45, 7) is 2.75. The van der Waals surface area contributed by atoms with Crippen molar-refractivity contribution < 1.29 is 29.4 Å². The second-order valence-electron chi connectivity index (χ2n) is 11.1. The lowest BCUT2D eigenvalue weighted by atomic mass is 9.52. The number of rotatable bonds is 4. The first kappa shape index (κ1) is 24.2. The van der Waals surface area contributed by atoms with E-state index < -0.39 is 29.5 Å². The maximum Gasteiger partial charge on any atom is 0.255 e. The van der Waals surface area contributed by atoms with Gasteiger partial charge in [0.1, 0.15) is 6.61 Å². The number of amides is 1. The summed E-state index contributed by atoms with van der Waals surface area (Å²) < 4.78 is 0. The van der Waals surface area contributed by atoms with Crippen LogP contribution in [-0.2, 0) is 25.6 Å². The normalized spacial score (nSPS) is 32.4. The van der Waals surface area contributed by atoms with E-state index in [-0.39, 0.29) is 30.4 Å². The fraction of sp³-hybridized carbons (Fsp3) is 0.433. The number of Topliss-reactive ketones (excluding diaryl/α,β-unsaturated/α-hetero) is 1. The van der Waals surface area contributed by atoms with Crippen LogP contribution >= 0.6 is 0 Å². The van der Waals surface area contributed by atoms with Crippen molar-refractivity contribution in [2.45, 2.75) is 64.1 Å². The van der Waals surface area contributed by atoms with E-state index in [1.165, 1.54) is 16.7 Å². The Labute approximate surface area is 215 Å². The van der Waals surface area contributed by atoms with Gasteiger partial charge in [-0.15, -0.1) is 0 Å². The molecule has 0 radical (unpaired) electrons. The van der Waals surface area contributed by atoms with Crippen LogP contribution in [0.2, 0.25) is 0 Å². The Morgan fingerprint density at radius 2 is 1.89 bits per heavy atom. The highest BCUT2D eigenvalue weighted by molar-refractivity contribution is 6.12. The first-order valence-electron chi connectivity index (χ1n) is 13.0. The maximum atomic E-state index is 13.9. The van der Waals surface area contributed by atoms with Crippen molar-refractivity contribution in [1.82, 2.24) is 5.06 Å². The fourth-order valence-electron chi connectivity index (χ4n) is 7.07. The molecule has 0 bridgehead atoms. The minimum atomic E-state index is -1.81. The average molecular weight is 502 g/mol. The third kappa shape index (κ3) is 3.27. The van der Waals surface area contributed by atoms with Crippen LogP contribution in [0.1, 0.15) is 51.5 Å². The number of hydroxylamine groups is 2. The molecule has 1 aromatic rings. The highest BCUT2D eigenvalue weighted by Gasteiger charge is 2.67. The molecular weight excluding hydrogens is 470 g/mol. The minimum absolute atomic E-state index is 0.0701. The van der Waals surface area contributed by atoms with Crippen molar-refractivity contribution in [2.75, 3.05) is 6.61 Å². The van der Waals surface area contributed by atoms with Gasteiger partial charge in [0.2, 0.25) is 0 Å². The molecule has 7 heteroatoms. The van der Waals surface area contributed by atoms with Gasteiger partial charge in [-0.3, -0.25) is 14.4 Å². The molecule has 7 nitrogen and oxygen atoms in total. The van der Waals surface area contributed by atoms with Crippen LogP contribution in [0.15, 0.2) is 76.0 Å². The third-order valence-corrected chi connectivity index (χ3v) is 8.96. The summed E-state index contributed by atoms with van der Waals surface area (Å²) in [6.07, 6.45) is 5.74. The number of hydrogen-bond donors (Lipinski definition) is 2. The molecule has 6 rings (SSSR count). The lowest BCUT2D eigenvalue weighted by Gasteiger charge is -2.56. The van der Waals surface area contributed by atoms with Crippen LogP contribution in [-0.4, -0.2) is 51.1 Å². The number of fused-ring (bicyclic) bond motifs is 5. The van der Waals surface area contributed by atoms with Crippen molar-refractivity contribution in [3.05, 3.63) is 81.6 Å². The lowest BCUT2D eigenvalue weighted by Crippen LogP contribution is -2.67. The van der Waals surface area contributed by atoms with E-state index in [0.717, 1.165) is 36.0 Å². The van der Waals surface area contributed by atoms with Gasteiger partial charge in [-0.25, -0.2) is 4.84 Å². The van der Waals surface area contributed by atoms with E-state index in [0.29, 0.717) is 23.3 Å². The van der Waals surface area contributed by atoms with Crippen molar-refractivity contribution >= 4 is 17.5 Å². The number of carbonyl (C=O) groups excluding carboxylic acids is 3. The Morgan fingerprint density at radius 1 is 1.14 bits per heavy atom. The van der Waals surface area contributed by atoms with Crippen LogP contribution in [0.4, 0.5) is 0 Å². The zero-order valence-corrected chi connectivity index (χ0v) is 21.1. The van der Waals surface area contributed by atoms with E-state index in [9.17, 15) is 24.6 Å². The monoisotopic (exact) mass is 501 g/mol. The summed E-state index contributed by atoms with van der Waals surface area (Å²) in [5.41, 5.74) is 2.20. The first-order chi connectivity index (χ1) is 17.7. The molecule has 1 heterocycles. The largest absolute Gasteiger partial charge is 0.392 e. The number of aliphatic hydroxyl groups is 2. The summed E-state index contributed by atoms with van der Waals surface area (Å²) in [4.78, 5) is 47.8. The zero-order chi connectivity index (χ0) is 26.1. The fourth-order valence-corrected chi connectivity index (χ4v) is 7.07. The SMILES string of the molecule is C[C@H]1C=C2C(=O)C=C3C4=C(C5=C(CCC5)C4)N(C(=O)Cc4ccccc4)O[C@]3(C(=O)CO)[C@@]2(C)C[C@@H]1O. The molecule has 2 N–H and O–H groups in total. The van der Waals surface area contributed by atoms with Crippen LogP contribution in [0.5, 0.6) is 0 Å². The quantitative estimate of drug-likeness (QED) is 0.656. The number of ketones is 2. The number of allylic oxidation sites excluding steroid dienone is 3. The molecule has 0 saturated heterocycles. The summed E-state index contributed by atoms with van der Waals surface area (Å²) in [6, 6.07) is 9.35. The highest BCUT2D eigenvalue weighted by atomic mass is 16.7.